The number of pyridine rings is 1. The summed E-state index contributed by atoms with van der Waals surface area (Å²) < 4.78 is 64.3. The fraction of sp³-hybridized carbons (Fsp3) is 0.143. The Balaban J connectivity index is 2.14. The second kappa shape index (κ2) is 6.49. The minimum atomic E-state index is -4.60. The van der Waals surface area contributed by atoms with E-state index < -0.39 is 34.8 Å². The van der Waals surface area contributed by atoms with Gasteiger partial charge in [-0.15, -0.1) is 0 Å². The van der Waals surface area contributed by atoms with Gasteiger partial charge in [-0.05, 0) is 18.2 Å². The Morgan fingerprint density at radius 1 is 1.22 bits per heavy atom. The minimum Gasteiger partial charge on any atom is -0.346 e. The second-order valence-corrected chi connectivity index (χ2v) is 4.84. The van der Waals surface area contributed by atoms with E-state index in [0.717, 1.165) is 18.2 Å². The number of amides is 1. The monoisotopic (exact) mass is 350 g/mol. The molecule has 1 heterocycles. The standard InChI is InChI=1S/C14H8ClF5N2O/c15-8-4-7(14(18,19)20)5-21-11(8)6-22-13(23)12-9(16)2-1-3-10(12)17/h1-5H,6H2,(H,22,23). The SMILES string of the molecule is O=C(NCc1ncc(C(F)(F)F)cc1Cl)c1c(F)cccc1F. The van der Waals surface area contributed by atoms with Crippen molar-refractivity contribution in [1.29, 1.82) is 0 Å². The van der Waals surface area contributed by atoms with Crippen LogP contribution in [0.4, 0.5) is 22.0 Å². The van der Waals surface area contributed by atoms with Gasteiger partial charge in [-0.1, -0.05) is 17.7 Å². The van der Waals surface area contributed by atoms with Crippen LogP contribution >= 0.6 is 11.6 Å². The third-order valence-corrected chi connectivity index (χ3v) is 3.18. The van der Waals surface area contributed by atoms with Crippen molar-refractivity contribution in [3.63, 3.8) is 0 Å². The van der Waals surface area contributed by atoms with Gasteiger partial charge in [0.05, 0.1) is 22.8 Å². The highest BCUT2D eigenvalue weighted by molar-refractivity contribution is 6.31. The topological polar surface area (TPSA) is 42.0 Å². The average molecular weight is 351 g/mol. The number of halogens is 6. The lowest BCUT2D eigenvalue weighted by Crippen LogP contribution is -2.25. The maximum absolute atomic E-state index is 13.4. The molecule has 3 nitrogen and oxygen atoms in total. The van der Waals surface area contributed by atoms with E-state index in [1.165, 1.54) is 0 Å². The largest absolute Gasteiger partial charge is 0.417 e. The van der Waals surface area contributed by atoms with Gasteiger partial charge in [0, 0.05) is 6.20 Å². The fourth-order valence-corrected chi connectivity index (χ4v) is 1.95. The van der Waals surface area contributed by atoms with Crippen LogP contribution in [0.25, 0.3) is 0 Å². The Kier molecular flexibility index (Phi) is 4.84. The molecule has 122 valence electrons. The van der Waals surface area contributed by atoms with E-state index in [9.17, 15) is 26.7 Å². The maximum Gasteiger partial charge on any atom is 0.417 e. The van der Waals surface area contributed by atoms with Gasteiger partial charge in [-0.2, -0.15) is 13.2 Å². The Morgan fingerprint density at radius 3 is 2.35 bits per heavy atom. The molecule has 23 heavy (non-hydrogen) atoms. The van der Waals surface area contributed by atoms with E-state index in [1.807, 2.05) is 0 Å². The summed E-state index contributed by atoms with van der Waals surface area (Å²) in [5, 5.41) is 1.82. The van der Waals surface area contributed by atoms with Crippen molar-refractivity contribution in [2.24, 2.45) is 0 Å². The van der Waals surface area contributed by atoms with Crippen LogP contribution in [0.1, 0.15) is 21.6 Å². The van der Waals surface area contributed by atoms with E-state index in [-0.39, 0.29) is 17.3 Å². The molecule has 9 heteroatoms. The van der Waals surface area contributed by atoms with Crippen LogP contribution in [-0.4, -0.2) is 10.9 Å². The third kappa shape index (κ3) is 3.95. The van der Waals surface area contributed by atoms with E-state index in [0.29, 0.717) is 12.3 Å². The summed E-state index contributed by atoms with van der Waals surface area (Å²) in [6.07, 6.45) is -4.05. The summed E-state index contributed by atoms with van der Waals surface area (Å²) >= 11 is 5.67. The van der Waals surface area contributed by atoms with E-state index in [4.69, 9.17) is 11.6 Å². The molecule has 0 saturated carbocycles. The number of nitrogens with zero attached hydrogens (tertiary/aromatic N) is 1. The Labute approximate surface area is 132 Å². The number of aromatic nitrogens is 1. The van der Waals surface area contributed by atoms with E-state index in [1.54, 1.807) is 0 Å². The average Bonchev–Trinajstić information content (AvgIpc) is 2.44. The molecule has 2 aromatic rings. The molecule has 0 aliphatic rings. The van der Waals surface area contributed by atoms with Crippen LogP contribution in [-0.2, 0) is 12.7 Å². The molecule has 2 rings (SSSR count). The van der Waals surface area contributed by atoms with Crippen LogP contribution in [0.5, 0.6) is 0 Å². The van der Waals surface area contributed by atoms with Gasteiger partial charge in [-0.3, -0.25) is 9.78 Å². The molecule has 1 aromatic carbocycles. The summed E-state index contributed by atoms with van der Waals surface area (Å²) in [4.78, 5) is 15.3. The predicted molar refractivity (Wildman–Crippen MR) is 71.8 cm³/mol. The first-order chi connectivity index (χ1) is 10.7. The first-order valence-electron chi connectivity index (χ1n) is 6.14. The van der Waals surface area contributed by atoms with Crippen LogP contribution in [0, 0.1) is 11.6 Å². The molecule has 0 saturated heterocycles. The molecule has 0 fully saturated rings. The summed E-state index contributed by atoms with van der Waals surface area (Å²) in [6.45, 7) is -0.385. The van der Waals surface area contributed by atoms with Crippen molar-refractivity contribution in [2.75, 3.05) is 0 Å². The normalized spacial score (nSPS) is 11.4. The number of rotatable bonds is 3. The predicted octanol–water partition coefficient (Wildman–Crippen LogP) is 3.96. The number of nitrogens with one attached hydrogen (secondary N) is 1. The lowest BCUT2D eigenvalue weighted by molar-refractivity contribution is -0.137. The zero-order chi connectivity index (χ0) is 17.2. The summed E-state index contributed by atoms with van der Waals surface area (Å²) in [5.74, 6) is -3.19. The van der Waals surface area contributed by atoms with Crippen molar-refractivity contribution < 1.29 is 26.7 Å². The number of hydrogen-bond acceptors (Lipinski definition) is 2. The lowest BCUT2D eigenvalue weighted by Gasteiger charge is -2.10. The molecule has 0 atom stereocenters. The van der Waals surface area contributed by atoms with Crippen molar-refractivity contribution in [3.05, 3.63) is 63.9 Å². The Hall–Kier alpha value is -2.22. The van der Waals surface area contributed by atoms with E-state index in [2.05, 4.69) is 10.3 Å². The first-order valence-corrected chi connectivity index (χ1v) is 6.51. The van der Waals surface area contributed by atoms with Gasteiger partial charge in [0.15, 0.2) is 0 Å². The first kappa shape index (κ1) is 17.1. The molecule has 0 aliphatic carbocycles. The van der Waals surface area contributed by atoms with E-state index >= 15 is 0 Å². The van der Waals surface area contributed by atoms with Crippen LogP contribution in [0.2, 0.25) is 5.02 Å². The molecule has 0 aliphatic heterocycles. The zero-order valence-corrected chi connectivity index (χ0v) is 12.0. The van der Waals surface area contributed by atoms with Crippen molar-refractivity contribution in [2.45, 2.75) is 12.7 Å². The Bertz CT molecular complexity index is 728. The van der Waals surface area contributed by atoms with Crippen molar-refractivity contribution in [1.82, 2.24) is 10.3 Å². The zero-order valence-electron chi connectivity index (χ0n) is 11.2. The highest BCUT2D eigenvalue weighted by Gasteiger charge is 2.31. The molecule has 1 N–H and O–H groups in total. The summed E-state index contributed by atoms with van der Waals surface area (Å²) in [7, 11) is 0. The highest BCUT2D eigenvalue weighted by atomic mass is 35.5. The summed E-state index contributed by atoms with van der Waals surface area (Å²) in [5.41, 5.74) is -1.90. The van der Waals surface area contributed by atoms with Gasteiger partial charge in [-0.25, -0.2) is 8.78 Å². The van der Waals surface area contributed by atoms with Crippen molar-refractivity contribution in [3.8, 4) is 0 Å². The van der Waals surface area contributed by atoms with Crippen LogP contribution < -0.4 is 5.32 Å². The number of hydrogen-bond donors (Lipinski definition) is 1. The quantitative estimate of drug-likeness (QED) is 0.851. The molecular weight excluding hydrogens is 343 g/mol. The van der Waals surface area contributed by atoms with Crippen molar-refractivity contribution >= 4 is 17.5 Å². The highest BCUT2D eigenvalue weighted by Crippen LogP contribution is 2.31. The minimum absolute atomic E-state index is 0.0650. The molecular formula is C14H8ClF5N2O. The smallest absolute Gasteiger partial charge is 0.346 e. The molecule has 0 spiro atoms. The molecule has 0 unspecified atom stereocenters. The van der Waals surface area contributed by atoms with Gasteiger partial charge < -0.3 is 5.32 Å². The maximum atomic E-state index is 13.4. The molecule has 1 aromatic heterocycles. The Morgan fingerprint density at radius 2 is 1.83 bits per heavy atom. The van der Waals surface area contributed by atoms with Gasteiger partial charge >= 0.3 is 6.18 Å². The fourth-order valence-electron chi connectivity index (χ4n) is 1.72. The molecule has 0 bridgehead atoms. The number of benzene rings is 1. The molecule has 1 amide bonds. The number of carbonyl (C=O) groups excluding carboxylic acids is 1. The second-order valence-electron chi connectivity index (χ2n) is 4.43. The van der Waals surface area contributed by atoms with Gasteiger partial charge in [0.2, 0.25) is 0 Å². The third-order valence-electron chi connectivity index (χ3n) is 2.85. The van der Waals surface area contributed by atoms with Crippen LogP contribution in [0.3, 0.4) is 0 Å². The van der Waals surface area contributed by atoms with Gasteiger partial charge in [0.25, 0.3) is 5.91 Å². The van der Waals surface area contributed by atoms with Crippen LogP contribution in [0.15, 0.2) is 30.5 Å². The number of alkyl halides is 3. The lowest BCUT2D eigenvalue weighted by atomic mass is 10.2. The van der Waals surface area contributed by atoms with Gasteiger partial charge in [0.1, 0.15) is 17.2 Å². The number of carbonyl (C=O) groups is 1. The molecule has 0 radical (unpaired) electrons. The summed E-state index contributed by atoms with van der Waals surface area (Å²) in [6, 6.07) is 3.55.